The lowest BCUT2D eigenvalue weighted by atomic mass is 10.0. The first-order chi connectivity index (χ1) is 11.9. The first-order valence-electron chi connectivity index (χ1n) is 7.71. The van der Waals surface area contributed by atoms with Crippen molar-refractivity contribution >= 4 is 21.9 Å². The smallest absolute Gasteiger partial charge is 0.116 e. The van der Waals surface area contributed by atoms with Crippen LogP contribution in [0.25, 0.3) is 44.5 Å². The molecule has 0 saturated heterocycles. The highest BCUT2D eigenvalue weighted by atomic mass is 15.1. The second-order valence-corrected chi connectivity index (χ2v) is 5.69. The molecule has 0 aliphatic rings. The highest BCUT2D eigenvalue weighted by Gasteiger charge is 2.12. The lowest BCUT2D eigenvalue weighted by molar-refractivity contribution is 1.12. The van der Waals surface area contributed by atoms with Gasteiger partial charge >= 0.3 is 0 Å². The Labute approximate surface area is 137 Å². The number of fused-ring (bicyclic) bond motifs is 2. The Morgan fingerprint density at radius 3 is 2.67 bits per heavy atom. The van der Waals surface area contributed by atoms with Crippen molar-refractivity contribution in [3.05, 3.63) is 67.1 Å². The minimum atomic E-state index is 0.897. The Balaban J connectivity index is 1.71. The molecule has 5 nitrogen and oxygen atoms in total. The molecule has 0 spiro atoms. The minimum Gasteiger partial charge on any atom is -0.352 e. The topological polar surface area (TPSA) is 70.2 Å². The van der Waals surface area contributed by atoms with Crippen molar-refractivity contribution in [1.82, 2.24) is 25.1 Å². The van der Waals surface area contributed by atoms with Crippen molar-refractivity contribution in [3.63, 3.8) is 0 Å². The van der Waals surface area contributed by atoms with Crippen molar-refractivity contribution in [2.24, 2.45) is 0 Å². The molecule has 0 amide bonds. The molecular weight excluding hydrogens is 298 g/mol. The SMILES string of the molecule is c1cncc(-c2ccc3[nH]nc(-c4cc5ncccc5[nH]4)c3c2)c1. The van der Waals surface area contributed by atoms with Crippen molar-refractivity contribution in [3.8, 4) is 22.5 Å². The first kappa shape index (κ1) is 13.0. The predicted molar refractivity (Wildman–Crippen MR) is 94.4 cm³/mol. The van der Waals surface area contributed by atoms with Gasteiger partial charge < -0.3 is 4.98 Å². The highest BCUT2D eigenvalue weighted by Crippen LogP contribution is 2.31. The lowest BCUT2D eigenvalue weighted by Gasteiger charge is -2.01. The Kier molecular flexibility index (Phi) is 2.72. The summed E-state index contributed by atoms with van der Waals surface area (Å²) in [5.74, 6) is 0. The zero-order valence-corrected chi connectivity index (χ0v) is 12.7. The van der Waals surface area contributed by atoms with E-state index >= 15 is 0 Å². The van der Waals surface area contributed by atoms with E-state index < -0.39 is 0 Å². The van der Waals surface area contributed by atoms with Gasteiger partial charge in [0.25, 0.3) is 0 Å². The van der Waals surface area contributed by atoms with Gasteiger partial charge in [-0.15, -0.1) is 0 Å². The molecule has 24 heavy (non-hydrogen) atoms. The van der Waals surface area contributed by atoms with Crippen LogP contribution in [0.4, 0.5) is 0 Å². The van der Waals surface area contributed by atoms with E-state index in [0.29, 0.717) is 0 Å². The van der Waals surface area contributed by atoms with Gasteiger partial charge in [0.2, 0.25) is 0 Å². The standard InChI is InChI=1S/C19H13N5/c1-3-13(11-20-7-1)12-5-6-15-14(9-12)19(24-23-15)18-10-17-16(22-18)4-2-8-21-17/h1-11,22H,(H,23,24). The number of hydrogen-bond acceptors (Lipinski definition) is 3. The van der Waals surface area contributed by atoms with Crippen LogP contribution in [0.3, 0.4) is 0 Å². The van der Waals surface area contributed by atoms with Gasteiger partial charge in [0.15, 0.2) is 0 Å². The Morgan fingerprint density at radius 2 is 1.79 bits per heavy atom. The summed E-state index contributed by atoms with van der Waals surface area (Å²) in [4.78, 5) is 12.0. The van der Waals surface area contributed by atoms with Crippen LogP contribution in [0.1, 0.15) is 0 Å². The maximum Gasteiger partial charge on any atom is 0.116 e. The molecular formula is C19H13N5. The molecule has 4 heterocycles. The largest absolute Gasteiger partial charge is 0.352 e. The number of H-pyrrole nitrogens is 2. The van der Waals surface area contributed by atoms with E-state index in [9.17, 15) is 0 Å². The molecule has 0 atom stereocenters. The number of aromatic nitrogens is 5. The summed E-state index contributed by atoms with van der Waals surface area (Å²) in [5, 5.41) is 8.67. The Bertz CT molecular complexity index is 1120. The fourth-order valence-electron chi connectivity index (χ4n) is 3.02. The molecule has 5 aromatic rings. The zero-order chi connectivity index (χ0) is 15.9. The predicted octanol–water partition coefficient (Wildman–Crippen LogP) is 4.17. The number of pyridine rings is 2. The fraction of sp³-hybridized carbons (Fsp3) is 0. The normalized spacial score (nSPS) is 11.3. The van der Waals surface area contributed by atoms with Gasteiger partial charge in [-0.1, -0.05) is 12.1 Å². The highest BCUT2D eigenvalue weighted by molar-refractivity contribution is 5.97. The van der Waals surface area contributed by atoms with E-state index in [-0.39, 0.29) is 0 Å². The molecule has 0 fully saturated rings. The zero-order valence-electron chi connectivity index (χ0n) is 12.7. The number of aromatic amines is 2. The molecule has 4 aromatic heterocycles. The van der Waals surface area contributed by atoms with E-state index in [2.05, 4.69) is 49.4 Å². The number of hydrogen-bond donors (Lipinski definition) is 2. The van der Waals surface area contributed by atoms with Crippen LogP contribution in [0, 0.1) is 0 Å². The number of rotatable bonds is 2. The molecule has 5 rings (SSSR count). The van der Waals surface area contributed by atoms with Gasteiger partial charge in [-0.05, 0) is 42.0 Å². The summed E-state index contributed by atoms with van der Waals surface area (Å²) in [7, 11) is 0. The maximum atomic E-state index is 4.50. The first-order valence-corrected chi connectivity index (χ1v) is 7.71. The quantitative estimate of drug-likeness (QED) is 0.514. The summed E-state index contributed by atoms with van der Waals surface area (Å²) < 4.78 is 0. The lowest BCUT2D eigenvalue weighted by Crippen LogP contribution is -1.81. The monoisotopic (exact) mass is 311 g/mol. The Morgan fingerprint density at radius 1 is 0.833 bits per heavy atom. The second kappa shape index (κ2) is 5.03. The third-order valence-electron chi connectivity index (χ3n) is 4.20. The molecule has 1 aromatic carbocycles. The summed E-state index contributed by atoms with van der Waals surface area (Å²) >= 11 is 0. The van der Waals surface area contributed by atoms with E-state index in [4.69, 9.17) is 0 Å². The van der Waals surface area contributed by atoms with E-state index in [1.165, 1.54) is 0 Å². The van der Waals surface area contributed by atoms with Gasteiger partial charge in [-0.3, -0.25) is 15.1 Å². The van der Waals surface area contributed by atoms with Crippen molar-refractivity contribution in [1.29, 1.82) is 0 Å². The van der Waals surface area contributed by atoms with Gasteiger partial charge in [0.05, 0.1) is 22.2 Å². The molecule has 114 valence electrons. The average Bonchev–Trinajstić information content (AvgIpc) is 3.25. The summed E-state index contributed by atoms with van der Waals surface area (Å²) in [6.45, 7) is 0. The summed E-state index contributed by atoms with van der Waals surface area (Å²) in [5.41, 5.74) is 7.01. The van der Waals surface area contributed by atoms with Gasteiger partial charge in [0, 0.05) is 29.5 Å². The van der Waals surface area contributed by atoms with Crippen LogP contribution in [0.15, 0.2) is 67.1 Å². The van der Waals surface area contributed by atoms with E-state index in [1.54, 1.807) is 12.4 Å². The van der Waals surface area contributed by atoms with Crippen molar-refractivity contribution in [2.45, 2.75) is 0 Å². The summed E-state index contributed by atoms with van der Waals surface area (Å²) in [6, 6.07) is 16.2. The Hall–Kier alpha value is -3.47. The number of nitrogens with one attached hydrogen (secondary N) is 2. The third-order valence-corrected chi connectivity index (χ3v) is 4.20. The molecule has 0 bridgehead atoms. The van der Waals surface area contributed by atoms with Gasteiger partial charge in [0.1, 0.15) is 5.69 Å². The van der Waals surface area contributed by atoms with Crippen LogP contribution >= 0.6 is 0 Å². The van der Waals surface area contributed by atoms with Crippen LogP contribution in [-0.2, 0) is 0 Å². The number of benzene rings is 1. The molecule has 0 aliphatic carbocycles. The third kappa shape index (κ3) is 1.99. The summed E-state index contributed by atoms with van der Waals surface area (Å²) in [6.07, 6.45) is 5.44. The molecule has 2 N–H and O–H groups in total. The van der Waals surface area contributed by atoms with Crippen molar-refractivity contribution < 1.29 is 0 Å². The van der Waals surface area contributed by atoms with Crippen LogP contribution < -0.4 is 0 Å². The van der Waals surface area contributed by atoms with E-state index in [1.807, 2.05) is 30.5 Å². The van der Waals surface area contributed by atoms with Crippen molar-refractivity contribution in [2.75, 3.05) is 0 Å². The maximum absolute atomic E-state index is 4.50. The van der Waals surface area contributed by atoms with Gasteiger partial charge in [-0.2, -0.15) is 5.10 Å². The molecule has 0 unspecified atom stereocenters. The van der Waals surface area contributed by atoms with Crippen LogP contribution in [-0.4, -0.2) is 25.1 Å². The second-order valence-electron chi connectivity index (χ2n) is 5.69. The van der Waals surface area contributed by atoms with Crippen LogP contribution in [0.2, 0.25) is 0 Å². The fourth-order valence-corrected chi connectivity index (χ4v) is 3.02. The molecule has 0 radical (unpaired) electrons. The number of nitrogens with zero attached hydrogens (tertiary/aromatic N) is 3. The van der Waals surface area contributed by atoms with Gasteiger partial charge in [-0.25, -0.2) is 0 Å². The molecule has 5 heteroatoms. The van der Waals surface area contributed by atoms with E-state index in [0.717, 1.165) is 44.5 Å². The molecule has 0 saturated carbocycles. The minimum absolute atomic E-state index is 0.897. The van der Waals surface area contributed by atoms with Crippen LogP contribution in [0.5, 0.6) is 0 Å². The molecule has 0 aliphatic heterocycles. The average molecular weight is 311 g/mol.